The maximum atomic E-state index is 10.6. The summed E-state index contributed by atoms with van der Waals surface area (Å²) in [6.45, 7) is 0. The number of ether oxygens (including phenoxy) is 2. The van der Waals surface area contributed by atoms with Crippen molar-refractivity contribution in [2.24, 2.45) is 10.4 Å². The maximum Gasteiger partial charge on any atom is 0.211 e. The molecule has 2 aliphatic heterocycles. The molecule has 0 bridgehead atoms. The zero-order chi connectivity index (χ0) is 25.6. The largest absolute Gasteiger partial charge is 0.493 e. The standard InChI is InChI=1S/C30H32Cl2N2O3/c1-36-29-19(13-12-18-7-2-3-10-23(18)33-28-21(31)8-6-9-22(28)32)17-30-14-5-4-11-26(30)37-25-16-20(35)15-24(34-29)27(25)30/h2-3,6-10,17,20,24,26,33,35H,4-5,11-16H2,1H3/t20-,24+,26+,30?/m1/s1. The number of halogens is 2. The molecule has 2 N–H and O–H groups in total. The number of nitrogens with one attached hydrogen (secondary N) is 1. The van der Waals surface area contributed by atoms with Crippen LogP contribution in [0.5, 0.6) is 0 Å². The fraction of sp³-hybridized carbons (Fsp3) is 0.433. The number of nitrogens with zero attached hydrogens (tertiary/aromatic N) is 1. The molecule has 2 heterocycles. The van der Waals surface area contributed by atoms with E-state index < -0.39 is 6.10 Å². The summed E-state index contributed by atoms with van der Waals surface area (Å²) in [6.07, 6.45) is 9.32. The number of aryl methyl sites for hydroxylation is 1. The molecule has 2 aliphatic carbocycles. The van der Waals surface area contributed by atoms with Crippen LogP contribution in [0.2, 0.25) is 10.0 Å². The van der Waals surface area contributed by atoms with Crippen molar-refractivity contribution in [1.29, 1.82) is 0 Å². The van der Waals surface area contributed by atoms with E-state index in [9.17, 15) is 5.11 Å². The third-order valence-corrected chi connectivity index (χ3v) is 8.92. The summed E-state index contributed by atoms with van der Waals surface area (Å²) in [4.78, 5) is 5.08. The van der Waals surface area contributed by atoms with Crippen molar-refractivity contribution >= 4 is 40.5 Å². The highest BCUT2D eigenvalue weighted by Crippen LogP contribution is 2.57. The monoisotopic (exact) mass is 538 g/mol. The van der Waals surface area contributed by atoms with E-state index in [1.807, 2.05) is 24.3 Å². The first-order chi connectivity index (χ1) is 18.0. The van der Waals surface area contributed by atoms with Crippen LogP contribution in [-0.4, -0.2) is 36.4 Å². The van der Waals surface area contributed by atoms with Crippen molar-refractivity contribution < 1.29 is 14.6 Å². The van der Waals surface area contributed by atoms with Crippen LogP contribution >= 0.6 is 23.2 Å². The normalized spacial score (nSPS) is 28.4. The number of methoxy groups -OCH3 is 1. The summed E-state index contributed by atoms with van der Waals surface area (Å²) < 4.78 is 12.4. The molecular formula is C30H32Cl2N2O3. The second kappa shape index (κ2) is 10.0. The van der Waals surface area contributed by atoms with E-state index in [-0.39, 0.29) is 17.6 Å². The predicted molar refractivity (Wildman–Crippen MR) is 149 cm³/mol. The number of aliphatic hydroxyl groups excluding tert-OH is 1. The number of hydrogen-bond acceptors (Lipinski definition) is 5. The Bertz CT molecular complexity index is 1280. The molecule has 4 aliphatic rings. The lowest BCUT2D eigenvalue weighted by Gasteiger charge is -2.39. The SMILES string of the molecule is COC1=N[C@H]2C[C@@H](O)CC3=C2C2(C=C1CCc1ccccc1Nc1c(Cl)cccc1Cl)CCCC[C@@H]2O3. The second-order valence-corrected chi connectivity index (χ2v) is 11.3. The molecule has 0 radical (unpaired) electrons. The fourth-order valence-electron chi connectivity index (χ4n) is 6.66. The number of anilines is 2. The van der Waals surface area contributed by atoms with E-state index in [0.29, 0.717) is 34.5 Å². The predicted octanol–water partition coefficient (Wildman–Crippen LogP) is 7.39. The van der Waals surface area contributed by atoms with Gasteiger partial charge in [0.25, 0.3) is 0 Å². The number of aliphatic imine (C=N–C) groups is 1. The summed E-state index contributed by atoms with van der Waals surface area (Å²) in [7, 11) is 1.70. The molecular weight excluding hydrogens is 507 g/mol. The average Bonchev–Trinajstić information content (AvgIpc) is 3.14. The lowest BCUT2D eigenvalue weighted by Crippen LogP contribution is -2.38. The summed E-state index contributed by atoms with van der Waals surface area (Å²) in [5.74, 6) is 1.65. The first-order valence-corrected chi connectivity index (χ1v) is 13.9. The topological polar surface area (TPSA) is 63.1 Å². The Morgan fingerprint density at radius 3 is 2.73 bits per heavy atom. The van der Waals surface area contributed by atoms with Gasteiger partial charge < -0.3 is 19.9 Å². The van der Waals surface area contributed by atoms with E-state index >= 15 is 0 Å². The van der Waals surface area contributed by atoms with Crippen molar-refractivity contribution in [2.45, 2.75) is 69.6 Å². The summed E-state index contributed by atoms with van der Waals surface area (Å²) >= 11 is 12.9. The molecule has 1 spiro atoms. The molecule has 0 amide bonds. The Labute approximate surface area is 228 Å². The molecule has 5 nitrogen and oxygen atoms in total. The van der Waals surface area contributed by atoms with Gasteiger partial charge in [0, 0.05) is 29.7 Å². The minimum absolute atomic E-state index is 0.0955. The van der Waals surface area contributed by atoms with Crippen molar-refractivity contribution in [3.63, 3.8) is 0 Å². The van der Waals surface area contributed by atoms with Gasteiger partial charge in [0.2, 0.25) is 5.90 Å². The van der Waals surface area contributed by atoms with Gasteiger partial charge in [-0.15, -0.1) is 0 Å². The lowest BCUT2D eigenvalue weighted by molar-refractivity contribution is 0.0390. The Kier molecular flexibility index (Phi) is 6.72. The molecule has 194 valence electrons. The first kappa shape index (κ1) is 24.8. The van der Waals surface area contributed by atoms with Crippen LogP contribution in [0, 0.1) is 5.41 Å². The number of hydrogen-bond donors (Lipinski definition) is 2. The molecule has 4 atom stereocenters. The van der Waals surface area contributed by atoms with Crippen molar-refractivity contribution in [2.75, 3.05) is 12.4 Å². The maximum absolute atomic E-state index is 10.6. The highest BCUT2D eigenvalue weighted by atomic mass is 35.5. The van der Waals surface area contributed by atoms with Crippen LogP contribution in [0.3, 0.4) is 0 Å². The average molecular weight is 540 g/mol. The van der Waals surface area contributed by atoms with Crippen LogP contribution in [0.25, 0.3) is 0 Å². The van der Waals surface area contributed by atoms with Crippen molar-refractivity contribution in [1.82, 2.24) is 0 Å². The Morgan fingerprint density at radius 1 is 1.11 bits per heavy atom. The first-order valence-electron chi connectivity index (χ1n) is 13.2. The van der Waals surface area contributed by atoms with Gasteiger partial charge in [-0.3, -0.25) is 0 Å². The van der Waals surface area contributed by atoms with Crippen molar-refractivity contribution in [3.8, 4) is 0 Å². The number of rotatable bonds is 5. The number of aliphatic hydroxyl groups is 1. The molecule has 1 fully saturated rings. The van der Waals surface area contributed by atoms with Gasteiger partial charge in [-0.2, -0.15) is 0 Å². The van der Waals surface area contributed by atoms with Gasteiger partial charge >= 0.3 is 0 Å². The number of para-hydroxylation sites is 2. The second-order valence-electron chi connectivity index (χ2n) is 10.5. The van der Waals surface area contributed by atoms with E-state index in [0.717, 1.165) is 48.3 Å². The third kappa shape index (κ3) is 4.45. The zero-order valence-electron chi connectivity index (χ0n) is 21.0. The molecule has 0 saturated heterocycles. The summed E-state index contributed by atoms with van der Waals surface area (Å²) in [5.41, 5.74) is 5.10. The summed E-state index contributed by atoms with van der Waals surface area (Å²) in [5, 5.41) is 15.2. The van der Waals surface area contributed by atoms with Gasteiger partial charge in [0.1, 0.15) is 11.9 Å². The van der Waals surface area contributed by atoms with Crippen LogP contribution in [0.1, 0.15) is 50.5 Å². The quantitative estimate of drug-likeness (QED) is 0.416. The van der Waals surface area contributed by atoms with Gasteiger partial charge in [-0.25, -0.2) is 4.99 Å². The minimum atomic E-state index is -0.432. The Balaban J connectivity index is 1.34. The minimum Gasteiger partial charge on any atom is -0.493 e. The third-order valence-electron chi connectivity index (χ3n) is 8.29. The molecule has 0 aromatic heterocycles. The molecule has 37 heavy (non-hydrogen) atoms. The zero-order valence-corrected chi connectivity index (χ0v) is 22.5. The van der Waals surface area contributed by atoms with Crippen LogP contribution in [0.4, 0.5) is 11.4 Å². The Hall–Kier alpha value is -2.47. The van der Waals surface area contributed by atoms with E-state index in [4.69, 9.17) is 37.7 Å². The van der Waals surface area contributed by atoms with Gasteiger partial charge in [-0.05, 0) is 55.9 Å². The molecule has 1 unspecified atom stereocenters. The summed E-state index contributed by atoms with van der Waals surface area (Å²) in [6, 6.07) is 13.7. The van der Waals surface area contributed by atoms with Gasteiger partial charge in [-0.1, -0.05) is 60.0 Å². The number of benzene rings is 2. The highest BCUT2D eigenvalue weighted by molar-refractivity contribution is 6.39. The molecule has 6 rings (SSSR count). The smallest absolute Gasteiger partial charge is 0.211 e. The lowest BCUT2D eigenvalue weighted by atomic mass is 9.64. The highest BCUT2D eigenvalue weighted by Gasteiger charge is 2.55. The van der Waals surface area contributed by atoms with Gasteiger partial charge in [0.15, 0.2) is 0 Å². The van der Waals surface area contributed by atoms with E-state index in [1.54, 1.807) is 7.11 Å². The van der Waals surface area contributed by atoms with Gasteiger partial charge in [0.05, 0.1) is 40.4 Å². The molecule has 2 aromatic carbocycles. The fourth-order valence-corrected chi connectivity index (χ4v) is 7.15. The molecule has 2 aromatic rings. The van der Waals surface area contributed by atoms with Crippen LogP contribution < -0.4 is 5.32 Å². The Morgan fingerprint density at radius 2 is 1.92 bits per heavy atom. The molecule has 1 saturated carbocycles. The van der Waals surface area contributed by atoms with Crippen LogP contribution in [0.15, 0.2) is 70.4 Å². The molecule has 7 heteroatoms. The van der Waals surface area contributed by atoms with E-state index in [1.165, 1.54) is 18.4 Å². The van der Waals surface area contributed by atoms with E-state index in [2.05, 4.69) is 29.6 Å². The van der Waals surface area contributed by atoms with Crippen molar-refractivity contribution in [3.05, 3.63) is 81.1 Å². The van der Waals surface area contributed by atoms with Crippen LogP contribution in [-0.2, 0) is 15.9 Å².